The molecular weight excluding hydrogens is 318 g/mol. The second kappa shape index (κ2) is 6.52. The highest BCUT2D eigenvalue weighted by atomic mass is 79.9. The van der Waals surface area contributed by atoms with E-state index in [2.05, 4.69) is 31.5 Å². The summed E-state index contributed by atoms with van der Waals surface area (Å²) < 4.78 is 0.933. The molecule has 104 valence electrons. The highest BCUT2D eigenvalue weighted by molar-refractivity contribution is 9.10. The highest BCUT2D eigenvalue weighted by Crippen LogP contribution is 2.19. The number of benzene rings is 1. The fraction of sp³-hybridized carbons (Fsp3) is 0.200. The Labute approximate surface area is 126 Å². The van der Waals surface area contributed by atoms with Crippen molar-refractivity contribution in [2.24, 2.45) is 0 Å². The number of nitrogens with zero attached hydrogens (tertiary/aromatic N) is 1. The Bertz CT molecular complexity index is 608. The normalized spacial score (nSPS) is 10.2. The van der Waals surface area contributed by atoms with Gasteiger partial charge in [-0.3, -0.25) is 9.78 Å². The van der Waals surface area contributed by atoms with E-state index in [1.165, 1.54) is 0 Å². The van der Waals surface area contributed by atoms with E-state index in [-0.39, 0.29) is 5.91 Å². The fourth-order valence-electron chi connectivity index (χ4n) is 1.87. The second-order valence-electron chi connectivity index (χ2n) is 4.43. The van der Waals surface area contributed by atoms with Crippen LogP contribution in [-0.4, -0.2) is 17.4 Å². The van der Waals surface area contributed by atoms with Crippen LogP contribution in [0.15, 0.2) is 41.0 Å². The van der Waals surface area contributed by atoms with Crippen molar-refractivity contribution >= 4 is 33.2 Å². The van der Waals surface area contributed by atoms with Gasteiger partial charge in [-0.25, -0.2) is 0 Å². The molecule has 1 heterocycles. The second-order valence-corrected chi connectivity index (χ2v) is 5.35. The minimum Gasteiger partial charge on any atom is -0.385 e. The van der Waals surface area contributed by atoms with Crippen LogP contribution in [0.5, 0.6) is 0 Å². The number of aryl methyl sites for hydroxylation is 1. The Morgan fingerprint density at radius 1 is 1.25 bits per heavy atom. The van der Waals surface area contributed by atoms with Crippen LogP contribution in [0.25, 0.3) is 0 Å². The number of pyridine rings is 1. The lowest BCUT2D eigenvalue weighted by molar-refractivity contribution is 0.102. The van der Waals surface area contributed by atoms with Gasteiger partial charge >= 0.3 is 0 Å². The number of nitrogens with one attached hydrogen (secondary N) is 2. The van der Waals surface area contributed by atoms with E-state index in [0.717, 1.165) is 28.0 Å². The molecule has 1 amide bonds. The summed E-state index contributed by atoms with van der Waals surface area (Å²) in [6.45, 7) is 4.78. The Morgan fingerprint density at radius 2 is 2.05 bits per heavy atom. The SMILES string of the molecule is CCNc1ccnc(C(=O)Nc2cc(C)cc(Br)c2)c1. The number of amides is 1. The third-order valence-electron chi connectivity index (χ3n) is 2.67. The van der Waals surface area contributed by atoms with E-state index in [1.807, 2.05) is 38.1 Å². The molecule has 0 spiro atoms. The summed E-state index contributed by atoms with van der Waals surface area (Å²) in [5.74, 6) is -0.220. The van der Waals surface area contributed by atoms with Crippen molar-refractivity contribution in [3.63, 3.8) is 0 Å². The summed E-state index contributed by atoms with van der Waals surface area (Å²) in [5, 5.41) is 6.01. The first-order chi connectivity index (χ1) is 9.58. The van der Waals surface area contributed by atoms with Crippen molar-refractivity contribution < 1.29 is 4.79 Å². The summed E-state index contributed by atoms with van der Waals surface area (Å²) in [4.78, 5) is 16.3. The lowest BCUT2D eigenvalue weighted by atomic mass is 10.2. The molecule has 2 aromatic rings. The van der Waals surface area contributed by atoms with Gasteiger partial charge in [0.05, 0.1) is 0 Å². The molecule has 0 unspecified atom stereocenters. The third-order valence-corrected chi connectivity index (χ3v) is 3.13. The molecule has 4 nitrogen and oxygen atoms in total. The van der Waals surface area contributed by atoms with Gasteiger partial charge in [0, 0.05) is 28.6 Å². The van der Waals surface area contributed by atoms with Gasteiger partial charge in [-0.15, -0.1) is 0 Å². The van der Waals surface area contributed by atoms with E-state index < -0.39 is 0 Å². The van der Waals surface area contributed by atoms with Crippen molar-refractivity contribution in [1.82, 2.24) is 4.98 Å². The van der Waals surface area contributed by atoms with Crippen molar-refractivity contribution in [3.05, 3.63) is 52.3 Å². The molecule has 0 aliphatic heterocycles. The fourth-order valence-corrected chi connectivity index (χ4v) is 2.48. The number of rotatable bonds is 4. The number of hydrogen-bond acceptors (Lipinski definition) is 3. The van der Waals surface area contributed by atoms with E-state index in [4.69, 9.17) is 0 Å². The van der Waals surface area contributed by atoms with Crippen molar-refractivity contribution in [1.29, 1.82) is 0 Å². The molecule has 0 saturated heterocycles. The predicted octanol–water partition coefficient (Wildman–Crippen LogP) is 3.84. The first-order valence-electron chi connectivity index (χ1n) is 6.37. The summed E-state index contributed by atoms with van der Waals surface area (Å²) in [6, 6.07) is 9.34. The van der Waals surface area contributed by atoms with Crippen LogP contribution in [0.3, 0.4) is 0 Å². The standard InChI is InChI=1S/C15H16BrN3O/c1-3-17-12-4-5-18-14(9-12)15(20)19-13-7-10(2)6-11(16)8-13/h4-9H,3H2,1-2H3,(H,17,18)(H,19,20). The van der Waals surface area contributed by atoms with Crippen LogP contribution in [0.4, 0.5) is 11.4 Å². The van der Waals surface area contributed by atoms with Crippen molar-refractivity contribution in [3.8, 4) is 0 Å². The Hall–Kier alpha value is -1.88. The number of anilines is 2. The Kier molecular flexibility index (Phi) is 4.74. The van der Waals surface area contributed by atoms with Crippen LogP contribution in [0.2, 0.25) is 0 Å². The average Bonchev–Trinajstić information content (AvgIpc) is 2.38. The van der Waals surface area contributed by atoms with Gasteiger partial charge in [-0.1, -0.05) is 15.9 Å². The Morgan fingerprint density at radius 3 is 2.75 bits per heavy atom. The molecule has 2 rings (SSSR count). The van der Waals surface area contributed by atoms with E-state index in [1.54, 1.807) is 12.3 Å². The lowest BCUT2D eigenvalue weighted by Gasteiger charge is -2.08. The highest BCUT2D eigenvalue weighted by Gasteiger charge is 2.09. The summed E-state index contributed by atoms with van der Waals surface area (Å²) in [5.41, 5.74) is 3.10. The zero-order valence-corrected chi connectivity index (χ0v) is 13.0. The molecule has 5 heteroatoms. The molecule has 0 fully saturated rings. The third kappa shape index (κ3) is 3.81. The van der Waals surface area contributed by atoms with Gasteiger partial charge < -0.3 is 10.6 Å². The number of halogens is 1. The van der Waals surface area contributed by atoms with Crippen LogP contribution in [0.1, 0.15) is 23.0 Å². The smallest absolute Gasteiger partial charge is 0.274 e. The molecule has 0 aliphatic carbocycles. The summed E-state index contributed by atoms with van der Waals surface area (Å²) >= 11 is 3.41. The molecular formula is C15H16BrN3O. The summed E-state index contributed by atoms with van der Waals surface area (Å²) in [6.07, 6.45) is 1.62. The van der Waals surface area contributed by atoms with E-state index >= 15 is 0 Å². The molecule has 2 N–H and O–H groups in total. The molecule has 0 atom stereocenters. The summed E-state index contributed by atoms with van der Waals surface area (Å²) in [7, 11) is 0. The first-order valence-corrected chi connectivity index (χ1v) is 7.16. The largest absolute Gasteiger partial charge is 0.385 e. The quantitative estimate of drug-likeness (QED) is 0.893. The topological polar surface area (TPSA) is 54.0 Å². The number of hydrogen-bond donors (Lipinski definition) is 2. The lowest BCUT2D eigenvalue weighted by Crippen LogP contribution is -2.14. The van der Waals surface area contributed by atoms with Crippen LogP contribution >= 0.6 is 15.9 Å². The van der Waals surface area contributed by atoms with E-state index in [9.17, 15) is 4.79 Å². The van der Waals surface area contributed by atoms with Gasteiger partial charge in [-0.05, 0) is 49.7 Å². The zero-order chi connectivity index (χ0) is 14.5. The van der Waals surface area contributed by atoms with Gasteiger partial charge in [-0.2, -0.15) is 0 Å². The van der Waals surface area contributed by atoms with Crippen LogP contribution in [-0.2, 0) is 0 Å². The Balaban J connectivity index is 2.17. The minimum absolute atomic E-state index is 0.220. The van der Waals surface area contributed by atoms with Gasteiger partial charge in [0.2, 0.25) is 0 Å². The number of carbonyl (C=O) groups excluding carboxylic acids is 1. The van der Waals surface area contributed by atoms with Crippen LogP contribution < -0.4 is 10.6 Å². The van der Waals surface area contributed by atoms with Gasteiger partial charge in [0.1, 0.15) is 5.69 Å². The van der Waals surface area contributed by atoms with Gasteiger partial charge in [0.15, 0.2) is 0 Å². The number of carbonyl (C=O) groups is 1. The molecule has 1 aromatic carbocycles. The van der Waals surface area contributed by atoms with Crippen molar-refractivity contribution in [2.45, 2.75) is 13.8 Å². The molecule has 0 saturated carbocycles. The van der Waals surface area contributed by atoms with Crippen molar-refractivity contribution in [2.75, 3.05) is 17.2 Å². The molecule has 20 heavy (non-hydrogen) atoms. The maximum Gasteiger partial charge on any atom is 0.274 e. The monoisotopic (exact) mass is 333 g/mol. The predicted molar refractivity (Wildman–Crippen MR) is 85.2 cm³/mol. The molecule has 0 aliphatic rings. The number of aromatic nitrogens is 1. The average molecular weight is 334 g/mol. The zero-order valence-electron chi connectivity index (χ0n) is 11.4. The molecule has 1 aromatic heterocycles. The van der Waals surface area contributed by atoms with E-state index in [0.29, 0.717) is 5.69 Å². The van der Waals surface area contributed by atoms with Gasteiger partial charge in [0.25, 0.3) is 5.91 Å². The maximum atomic E-state index is 12.2. The molecule has 0 radical (unpaired) electrons. The molecule has 0 bridgehead atoms. The maximum absolute atomic E-state index is 12.2. The minimum atomic E-state index is -0.220. The van der Waals surface area contributed by atoms with Crippen LogP contribution in [0, 0.1) is 6.92 Å². The first kappa shape index (κ1) is 14.5.